The predicted octanol–water partition coefficient (Wildman–Crippen LogP) is 4.17. The first-order valence-electron chi connectivity index (χ1n) is 6.73. The van der Waals surface area contributed by atoms with Crippen molar-refractivity contribution in [3.63, 3.8) is 0 Å². The van der Waals surface area contributed by atoms with Crippen LogP contribution >= 0.6 is 0 Å². The molecule has 0 saturated carbocycles. The first-order valence-corrected chi connectivity index (χ1v) is 8.34. The molecule has 0 saturated heterocycles. The van der Waals surface area contributed by atoms with E-state index in [2.05, 4.69) is 13.8 Å². The zero-order valence-corrected chi connectivity index (χ0v) is 12.6. The van der Waals surface area contributed by atoms with Crippen LogP contribution in [0.25, 0.3) is 0 Å². The van der Waals surface area contributed by atoms with Crippen LogP contribution in [0.1, 0.15) is 20.3 Å². The summed E-state index contributed by atoms with van der Waals surface area (Å²) < 4.78 is 12.2. The number of hydrogen-bond acceptors (Lipinski definition) is 2. The lowest BCUT2D eigenvalue weighted by Crippen LogP contribution is -2.34. The Kier molecular flexibility index (Phi) is 5.04. The number of hydrogen-bond donors (Lipinski definition) is 0. The van der Waals surface area contributed by atoms with Crippen molar-refractivity contribution in [3.05, 3.63) is 60.7 Å². The van der Waals surface area contributed by atoms with E-state index in [1.165, 1.54) is 0 Å². The van der Waals surface area contributed by atoms with E-state index in [0.29, 0.717) is 5.54 Å². The second-order valence-corrected chi connectivity index (χ2v) is 6.96. The molecule has 0 amide bonds. The van der Waals surface area contributed by atoms with Gasteiger partial charge in [0.15, 0.2) is 0 Å². The zero-order chi connectivity index (χ0) is 13.5. The summed E-state index contributed by atoms with van der Waals surface area (Å²) in [5.41, 5.74) is 0.459. The second-order valence-electron chi connectivity index (χ2n) is 4.62. The minimum atomic E-state index is -1.78. The minimum absolute atomic E-state index is 0.459. The molecule has 1 atom stereocenters. The van der Waals surface area contributed by atoms with Gasteiger partial charge < -0.3 is 8.85 Å². The Balaban J connectivity index is 2.08. The summed E-state index contributed by atoms with van der Waals surface area (Å²) in [7, 11) is -1.78. The normalized spacial score (nSPS) is 12.2. The predicted molar refractivity (Wildman–Crippen MR) is 81.0 cm³/mol. The van der Waals surface area contributed by atoms with Crippen molar-refractivity contribution in [2.24, 2.45) is 0 Å². The fraction of sp³-hybridized carbons (Fsp3) is 0.250. The van der Waals surface area contributed by atoms with Crippen molar-refractivity contribution >= 4 is 9.28 Å². The molecule has 2 aromatic rings. The maximum absolute atomic E-state index is 6.09. The average molecular weight is 272 g/mol. The van der Waals surface area contributed by atoms with Crippen LogP contribution in [0.15, 0.2) is 60.7 Å². The van der Waals surface area contributed by atoms with Gasteiger partial charge in [-0.2, -0.15) is 0 Å². The van der Waals surface area contributed by atoms with Crippen LogP contribution < -0.4 is 8.85 Å². The molecule has 19 heavy (non-hydrogen) atoms. The van der Waals surface area contributed by atoms with Gasteiger partial charge in [0.2, 0.25) is 0 Å². The Morgan fingerprint density at radius 1 is 0.842 bits per heavy atom. The third-order valence-corrected chi connectivity index (χ3v) is 5.51. The zero-order valence-electron chi connectivity index (χ0n) is 11.5. The molecule has 0 radical (unpaired) electrons. The lowest BCUT2D eigenvalue weighted by atomic mass is 10.3. The van der Waals surface area contributed by atoms with Crippen LogP contribution in [0.4, 0.5) is 0 Å². The van der Waals surface area contributed by atoms with Gasteiger partial charge in [0, 0.05) is 5.54 Å². The van der Waals surface area contributed by atoms with Gasteiger partial charge in [-0.3, -0.25) is 0 Å². The molecule has 3 heteroatoms. The molecule has 0 aliphatic heterocycles. The first kappa shape index (κ1) is 13.7. The highest BCUT2D eigenvalue weighted by Gasteiger charge is 2.24. The maximum atomic E-state index is 6.09. The van der Waals surface area contributed by atoms with Crippen LogP contribution in [0, 0.1) is 0 Å². The Bertz CT molecular complexity index is 431. The molecule has 100 valence electrons. The highest BCUT2D eigenvalue weighted by atomic mass is 28.3. The fourth-order valence-corrected chi connectivity index (χ4v) is 3.46. The van der Waals surface area contributed by atoms with Crippen LogP contribution in [0.2, 0.25) is 5.54 Å². The molecule has 0 fully saturated rings. The van der Waals surface area contributed by atoms with E-state index in [1.54, 1.807) is 0 Å². The van der Waals surface area contributed by atoms with Crippen LogP contribution in [0.5, 0.6) is 11.5 Å². The SMILES string of the molecule is CCC(C)[SiH](Oc1ccccc1)Oc1ccccc1. The Hall–Kier alpha value is -1.74. The van der Waals surface area contributed by atoms with Crippen molar-refractivity contribution in [1.82, 2.24) is 0 Å². The first-order chi connectivity index (χ1) is 9.29. The number of rotatable bonds is 6. The van der Waals surface area contributed by atoms with Crippen molar-refractivity contribution in [2.45, 2.75) is 25.8 Å². The van der Waals surface area contributed by atoms with Gasteiger partial charge in [0.05, 0.1) is 0 Å². The molecule has 0 heterocycles. The van der Waals surface area contributed by atoms with E-state index in [-0.39, 0.29) is 0 Å². The van der Waals surface area contributed by atoms with E-state index >= 15 is 0 Å². The molecule has 0 N–H and O–H groups in total. The van der Waals surface area contributed by atoms with Crippen LogP contribution in [-0.4, -0.2) is 9.28 Å². The summed E-state index contributed by atoms with van der Waals surface area (Å²) >= 11 is 0. The quantitative estimate of drug-likeness (QED) is 0.735. The van der Waals surface area contributed by atoms with Gasteiger partial charge in [-0.25, -0.2) is 0 Å². The summed E-state index contributed by atoms with van der Waals surface area (Å²) in [6.07, 6.45) is 1.07. The van der Waals surface area contributed by atoms with E-state index in [4.69, 9.17) is 8.85 Å². The molecular formula is C16H20O2Si. The summed E-state index contributed by atoms with van der Waals surface area (Å²) in [6.45, 7) is 4.37. The second kappa shape index (κ2) is 7.00. The van der Waals surface area contributed by atoms with Gasteiger partial charge in [0.25, 0.3) is 0 Å². The van der Waals surface area contributed by atoms with Crippen LogP contribution in [-0.2, 0) is 0 Å². The molecular weight excluding hydrogens is 252 g/mol. The Labute approximate surface area is 116 Å². The topological polar surface area (TPSA) is 18.5 Å². The van der Waals surface area contributed by atoms with E-state index in [0.717, 1.165) is 17.9 Å². The Morgan fingerprint density at radius 2 is 1.26 bits per heavy atom. The minimum Gasteiger partial charge on any atom is -0.514 e. The van der Waals surface area contributed by atoms with E-state index in [9.17, 15) is 0 Å². The highest BCUT2D eigenvalue weighted by Crippen LogP contribution is 2.22. The van der Waals surface area contributed by atoms with Gasteiger partial charge in [-0.15, -0.1) is 0 Å². The molecule has 2 rings (SSSR count). The highest BCUT2D eigenvalue weighted by molar-refractivity contribution is 6.48. The monoisotopic (exact) mass is 272 g/mol. The number of benzene rings is 2. The summed E-state index contributed by atoms with van der Waals surface area (Å²) in [5.74, 6) is 1.80. The fourth-order valence-electron chi connectivity index (χ4n) is 1.72. The van der Waals surface area contributed by atoms with Crippen molar-refractivity contribution in [2.75, 3.05) is 0 Å². The molecule has 2 aromatic carbocycles. The van der Waals surface area contributed by atoms with Gasteiger partial charge in [0.1, 0.15) is 11.5 Å². The smallest absolute Gasteiger partial charge is 0.447 e. The summed E-state index contributed by atoms with van der Waals surface area (Å²) in [5, 5.41) is 0. The largest absolute Gasteiger partial charge is 0.514 e. The molecule has 0 aliphatic carbocycles. The number of para-hydroxylation sites is 2. The van der Waals surface area contributed by atoms with Crippen LogP contribution in [0.3, 0.4) is 0 Å². The lowest BCUT2D eigenvalue weighted by Gasteiger charge is -2.23. The van der Waals surface area contributed by atoms with Crippen molar-refractivity contribution < 1.29 is 8.85 Å². The van der Waals surface area contributed by atoms with Crippen molar-refractivity contribution in [1.29, 1.82) is 0 Å². The molecule has 0 spiro atoms. The van der Waals surface area contributed by atoms with Crippen molar-refractivity contribution in [3.8, 4) is 11.5 Å². The molecule has 1 unspecified atom stereocenters. The van der Waals surface area contributed by atoms with Gasteiger partial charge in [-0.1, -0.05) is 50.2 Å². The maximum Gasteiger partial charge on any atom is 0.447 e. The molecule has 0 bridgehead atoms. The summed E-state index contributed by atoms with van der Waals surface area (Å²) in [6, 6.07) is 19.9. The third kappa shape index (κ3) is 4.14. The van der Waals surface area contributed by atoms with Gasteiger partial charge in [-0.05, 0) is 30.7 Å². The lowest BCUT2D eigenvalue weighted by molar-refractivity contribution is 0.402. The van der Waals surface area contributed by atoms with E-state index in [1.807, 2.05) is 60.7 Å². The molecule has 0 aliphatic rings. The van der Waals surface area contributed by atoms with E-state index < -0.39 is 9.28 Å². The average Bonchev–Trinajstić information content (AvgIpc) is 2.48. The molecule has 0 aromatic heterocycles. The summed E-state index contributed by atoms with van der Waals surface area (Å²) in [4.78, 5) is 0. The third-order valence-electron chi connectivity index (χ3n) is 3.10. The Morgan fingerprint density at radius 3 is 1.63 bits per heavy atom. The molecule has 2 nitrogen and oxygen atoms in total. The van der Waals surface area contributed by atoms with Gasteiger partial charge >= 0.3 is 9.28 Å². The standard InChI is InChI=1S/C16H20O2Si/c1-3-14(2)19(17-15-10-6-4-7-11-15)18-16-12-8-5-9-13-16/h4-14,19H,3H2,1-2H3.